The third-order valence-electron chi connectivity index (χ3n) is 2.88. The second-order valence-corrected chi connectivity index (χ2v) is 4.10. The summed E-state index contributed by atoms with van der Waals surface area (Å²) >= 11 is 0. The summed E-state index contributed by atoms with van der Waals surface area (Å²) in [4.78, 5) is 7.38. The maximum Gasteiger partial charge on any atom is 0.159 e. The molecule has 1 aromatic heterocycles. The Balaban J connectivity index is 2.11. The minimum absolute atomic E-state index is 0.488. The van der Waals surface area contributed by atoms with Gasteiger partial charge in [0.25, 0.3) is 0 Å². The predicted octanol–water partition coefficient (Wildman–Crippen LogP) is 3.52. The zero-order chi connectivity index (χ0) is 13.4. The molecular formula is C14H10F2N2O. The molecule has 96 valence electrons. The van der Waals surface area contributed by atoms with Crippen LogP contribution in [0.1, 0.15) is 0 Å². The number of aromatic nitrogens is 2. The summed E-state index contributed by atoms with van der Waals surface area (Å²) in [5, 5.41) is 0. The van der Waals surface area contributed by atoms with Crippen molar-refractivity contribution in [1.29, 1.82) is 0 Å². The van der Waals surface area contributed by atoms with Crippen molar-refractivity contribution in [2.24, 2.45) is 0 Å². The molecule has 0 saturated carbocycles. The first-order chi connectivity index (χ1) is 9.17. The lowest BCUT2D eigenvalue weighted by Gasteiger charge is -1.97. The summed E-state index contributed by atoms with van der Waals surface area (Å²) in [6, 6.07) is 9.06. The SMILES string of the molecule is COc1ccc2nc(-c3ccc(F)c(F)c3)[nH]c2c1. The zero-order valence-corrected chi connectivity index (χ0v) is 10.1. The number of imidazole rings is 1. The number of methoxy groups -OCH3 is 1. The first-order valence-electron chi connectivity index (χ1n) is 5.66. The molecule has 0 saturated heterocycles. The first kappa shape index (κ1) is 11.6. The summed E-state index contributed by atoms with van der Waals surface area (Å²) in [6.45, 7) is 0. The number of nitrogens with one attached hydrogen (secondary N) is 1. The van der Waals surface area contributed by atoms with E-state index in [1.54, 1.807) is 25.3 Å². The van der Waals surface area contributed by atoms with Gasteiger partial charge in [-0.15, -0.1) is 0 Å². The average molecular weight is 260 g/mol. The molecule has 3 nitrogen and oxygen atoms in total. The Bertz CT molecular complexity index is 752. The van der Waals surface area contributed by atoms with Gasteiger partial charge >= 0.3 is 0 Å². The Labute approximate surface area is 107 Å². The van der Waals surface area contributed by atoms with Crippen LogP contribution in [0.2, 0.25) is 0 Å². The molecule has 0 spiro atoms. The predicted molar refractivity (Wildman–Crippen MR) is 68.0 cm³/mol. The third kappa shape index (κ3) is 2.03. The van der Waals surface area contributed by atoms with Crippen LogP contribution in [-0.2, 0) is 0 Å². The molecular weight excluding hydrogens is 250 g/mol. The number of ether oxygens (including phenoxy) is 1. The van der Waals surface area contributed by atoms with Crippen molar-refractivity contribution < 1.29 is 13.5 Å². The number of rotatable bonds is 2. The van der Waals surface area contributed by atoms with Crippen LogP contribution in [0.4, 0.5) is 8.78 Å². The van der Waals surface area contributed by atoms with E-state index in [2.05, 4.69) is 9.97 Å². The largest absolute Gasteiger partial charge is 0.497 e. The van der Waals surface area contributed by atoms with E-state index < -0.39 is 11.6 Å². The van der Waals surface area contributed by atoms with Crippen LogP contribution >= 0.6 is 0 Å². The quantitative estimate of drug-likeness (QED) is 0.765. The molecule has 2 aromatic carbocycles. The number of fused-ring (bicyclic) bond motifs is 1. The van der Waals surface area contributed by atoms with Crippen LogP contribution in [0.25, 0.3) is 22.4 Å². The summed E-state index contributed by atoms with van der Waals surface area (Å²) in [7, 11) is 1.58. The summed E-state index contributed by atoms with van der Waals surface area (Å²) in [5.74, 6) is -0.577. The monoisotopic (exact) mass is 260 g/mol. The second-order valence-electron chi connectivity index (χ2n) is 4.10. The highest BCUT2D eigenvalue weighted by molar-refractivity contribution is 5.80. The second kappa shape index (κ2) is 4.35. The van der Waals surface area contributed by atoms with Gasteiger partial charge in [-0.05, 0) is 30.3 Å². The van der Waals surface area contributed by atoms with Crippen molar-refractivity contribution in [3.05, 3.63) is 48.0 Å². The molecule has 3 aromatic rings. The van der Waals surface area contributed by atoms with Crippen LogP contribution in [0.15, 0.2) is 36.4 Å². The highest BCUT2D eigenvalue weighted by atomic mass is 19.2. The molecule has 0 aliphatic rings. The van der Waals surface area contributed by atoms with Gasteiger partial charge in [-0.2, -0.15) is 0 Å². The maximum absolute atomic E-state index is 13.2. The van der Waals surface area contributed by atoms with E-state index in [4.69, 9.17) is 4.74 Å². The van der Waals surface area contributed by atoms with E-state index in [1.165, 1.54) is 6.07 Å². The van der Waals surface area contributed by atoms with Gasteiger partial charge in [0.2, 0.25) is 0 Å². The lowest BCUT2D eigenvalue weighted by molar-refractivity contribution is 0.415. The molecule has 0 bridgehead atoms. The van der Waals surface area contributed by atoms with Crippen LogP contribution in [0.3, 0.4) is 0 Å². The lowest BCUT2D eigenvalue weighted by atomic mass is 10.2. The van der Waals surface area contributed by atoms with E-state index in [1.807, 2.05) is 0 Å². The minimum atomic E-state index is -0.893. The van der Waals surface area contributed by atoms with Gasteiger partial charge < -0.3 is 9.72 Å². The van der Waals surface area contributed by atoms with Crippen molar-refractivity contribution >= 4 is 11.0 Å². The topological polar surface area (TPSA) is 37.9 Å². The highest BCUT2D eigenvalue weighted by Gasteiger charge is 2.09. The maximum atomic E-state index is 13.2. The lowest BCUT2D eigenvalue weighted by Crippen LogP contribution is -1.86. The van der Waals surface area contributed by atoms with E-state index in [9.17, 15) is 8.78 Å². The average Bonchev–Trinajstić information content (AvgIpc) is 2.84. The van der Waals surface area contributed by atoms with E-state index in [0.29, 0.717) is 17.1 Å². The molecule has 0 fully saturated rings. The van der Waals surface area contributed by atoms with Gasteiger partial charge in [0, 0.05) is 11.6 Å². The molecule has 0 amide bonds. The number of H-pyrrole nitrogens is 1. The molecule has 1 heterocycles. The highest BCUT2D eigenvalue weighted by Crippen LogP contribution is 2.24. The summed E-state index contributed by atoms with van der Waals surface area (Å²) in [6.07, 6.45) is 0. The van der Waals surface area contributed by atoms with Crippen molar-refractivity contribution in [3.8, 4) is 17.1 Å². The van der Waals surface area contributed by atoms with Crippen molar-refractivity contribution in [2.45, 2.75) is 0 Å². The molecule has 1 N–H and O–H groups in total. The fourth-order valence-electron chi connectivity index (χ4n) is 1.90. The number of nitrogens with zero attached hydrogens (tertiary/aromatic N) is 1. The van der Waals surface area contributed by atoms with Crippen LogP contribution in [-0.4, -0.2) is 17.1 Å². The normalized spacial score (nSPS) is 10.9. The summed E-state index contributed by atoms with van der Waals surface area (Å²) in [5.41, 5.74) is 2.01. The van der Waals surface area contributed by atoms with Gasteiger partial charge in [-0.25, -0.2) is 13.8 Å². The molecule has 0 radical (unpaired) electrons. The van der Waals surface area contributed by atoms with Gasteiger partial charge in [0.15, 0.2) is 11.6 Å². The Hall–Kier alpha value is -2.43. The molecule has 5 heteroatoms. The van der Waals surface area contributed by atoms with E-state index in [0.717, 1.165) is 23.2 Å². The van der Waals surface area contributed by atoms with Crippen molar-refractivity contribution in [1.82, 2.24) is 9.97 Å². The van der Waals surface area contributed by atoms with Gasteiger partial charge in [-0.3, -0.25) is 0 Å². The Kier molecular flexibility index (Phi) is 2.67. The smallest absolute Gasteiger partial charge is 0.159 e. The molecule has 3 rings (SSSR count). The molecule has 19 heavy (non-hydrogen) atoms. The zero-order valence-electron chi connectivity index (χ0n) is 10.1. The van der Waals surface area contributed by atoms with Crippen LogP contribution < -0.4 is 4.74 Å². The van der Waals surface area contributed by atoms with Crippen molar-refractivity contribution in [3.63, 3.8) is 0 Å². The van der Waals surface area contributed by atoms with Gasteiger partial charge in [0.1, 0.15) is 11.6 Å². The number of hydrogen-bond donors (Lipinski definition) is 1. The van der Waals surface area contributed by atoms with E-state index in [-0.39, 0.29) is 0 Å². The number of hydrogen-bond acceptors (Lipinski definition) is 2. The molecule has 0 aliphatic heterocycles. The number of aromatic amines is 1. The fourth-order valence-corrected chi connectivity index (χ4v) is 1.90. The molecule has 0 unspecified atom stereocenters. The Morgan fingerprint density at radius 3 is 2.63 bits per heavy atom. The fraction of sp³-hybridized carbons (Fsp3) is 0.0714. The minimum Gasteiger partial charge on any atom is -0.497 e. The number of halogens is 2. The van der Waals surface area contributed by atoms with Crippen LogP contribution in [0.5, 0.6) is 5.75 Å². The summed E-state index contributed by atoms with van der Waals surface area (Å²) < 4.78 is 31.2. The van der Waals surface area contributed by atoms with Crippen molar-refractivity contribution in [2.75, 3.05) is 7.11 Å². The molecule has 0 aliphatic carbocycles. The van der Waals surface area contributed by atoms with Crippen LogP contribution in [0, 0.1) is 11.6 Å². The van der Waals surface area contributed by atoms with Gasteiger partial charge in [-0.1, -0.05) is 0 Å². The number of benzene rings is 2. The standard InChI is InChI=1S/C14H10F2N2O/c1-19-9-3-5-12-13(7-9)18-14(17-12)8-2-4-10(15)11(16)6-8/h2-7H,1H3,(H,17,18). The Morgan fingerprint density at radius 2 is 1.89 bits per heavy atom. The molecule has 0 atom stereocenters. The van der Waals surface area contributed by atoms with Gasteiger partial charge in [0.05, 0.1) is 18.1 Å². The van der Waals surface area contributed by atoms with E-state index >= 15 is 0 Å². The Morgan fingerprint density at radius 1 is 1.05 bits per heavy atom. The third-order valence-corrected chi connectivity index (χ3v) is 2.88. The first-order valence-corrected chi connectivity index (χ1v) is 5.66.